The Balaban J connectivity index is 1.62. The largest absolute Gasteiger partial charge is 0.493 e. The summed E-state index contributed by atoms with van der Waals surface area (Å²) in [5.41, 5.74) is 6.95. The van der Waals surface area contributed by atoms with Gasteiger partial charge < -0.3 is 19.1 Å². The summed E-state index contributed by atoms with van der Waals surface area (Å²) >= 11 is 0. The van der Waals surface area contributed by atoms with E-state index >= 15 is 0 Å². The number of anilines is 1. The van der Waals surface area contributed by atoms with Gasteiger partial charge in [0, 0.05) is 36.3 Å². The van der Waals surface area contributed by atoms with E-state index in [9.17, 15) is 9.18 Å². The fraction of sp³-hybridized carbons (Fsp3) is 0.600. The number of rotatable bonds is 12. The molecule has 2 aliphatic rings. The van der Waals surface area contributed by atoms with Crippen molar-refractivity contribution in [1.82, 2.24) is 4.98 Å². The van der Waals surface area contributed by atoms with Gasteiger partial charge in [-0.25, -0.2) is 9.18 Å². The molecule has 1 saturated carbocycles. The highest BCUT2D eigenvalue weighted by atomic mass is 19.1. The number of piperidine rings is 1. The molecule has 5 rings (SSSR count). The average molecular weight is 715 g/mol. The Bertz CT molecular complexity index is 1640. The van der Waals surface area contributed by atoms with Crippen LogP contribution in [-0.2, 0) is 27.1 Å². The molecular formula is C45H63FN2O4. The first-order valence-corrected chi connectivity index (χ1v) is 19.5. The maximum absolute atomic E-state index is 14.1. The second kappa shape index (κ2) is 16.3. The van der Waals surface area contributed by atoms with Crippen LogP contribution in [0.5, 0.6) is 5.75 Å². The van der Waals surface area contributed by atoms with Crippen LogP contribution in [0.15, 0.2) is 48.5 Å². The van der Waals surface area contributed by atoms with E-state index in [2.05, 4.69) is 44.7 Å². The fourth-order valence-electron chi connectivity index (χ4n) is 7.66. The molecule has 0 N–H and O–H groups in total. The number of aryl methyl sites for hydroxylation is 1. The quantitative estimate of drug-likeness (QED) is 0.174. The Kier molecular flexibility index (Phi) is 12.4. The van der Waals surface area contributed by atoms with Crippen LogP contribution in [0.25, 0.3) is 11.1 Å². The van der Waals surface area contributed by atoms with Crippen LogP contribution in [0.2, 0.25) is 0 Å². The van der Waals surface area contributed by atoms with E-state index in [1.807, 2.05) is 53.7 Å². The first-order valence-electron chi connectivity index (χ1n) is 19.5. The van der Waals surface area contributed by atoms with Gasteiger partial charge in [0.15, 0.2) is 6.10 Å². The van der Waals surface area contributed by atoms with Crippen molar-refractivity contribution in [3.63, 3.8) is 0 Å². The predicted molar refractivity (Wildman–Crippen MR) is 209 cm³/mol. The van der Waals surface area contributed by atoms with Gasteiger partial charge in [-0.05, 0) is 139 Å². The number of halogens is 1. The molecule has 3 aromatic rings. The molecular weight excluding hydrogens is 652 g/mol. The summed E-state index contributed by atoms with van der Waals surface area (Å²) in [5, 5.41) is 0. The van der Waals surface area contributed by atoms with Crippen LogP contribution in [-0.4, -0.2) is 42.4 Å². The topological polar surface area (TPSA) is 60.9 Å². The molecule has 0 radical (unpaired) electrons. The van der Waals surface area contributed by atoms with Crippen molar-refractivity contribution in [3.8, 4) is 16.9 Å². The molecule has 0 spiro atoms. The molecule has 52 heavy (non-hydrogen) atoms. The molecule has 0 unspecified atom stereocenters. The van der Waals surface area contributed by atoms with Crippen molar-refractivity contribution in [1.29, 1.82) is 0 Å². The van der Waals surface area contributed by atoms with Crippen molar-refractivity contribution >= 4 is 11.7 Å². The highest BCUT2D eigenvalue weighted by Gasteiger charge is 2.38. The average Bonchev–Trinajstić information content (AvgIpc) is 3.05. The molecule has 2 aromatic carbocycles. The van der Waals surface area contributed by atoms with E-state index in [0.29, 0.717) is 24.4 Å². The van der Waals surface area contributed by atoms with Gasteiger partial charge >= 0.3 is 5.97 Å². The summed E-state index contributed by atoms with van der Waals surface area (Å²) in [6, 6.07) is 14.9. The Labute approximate surface area is 312 Å². The number of esters is 1. The van der Waals surface area contributed by atoms with Gasteiger partial charge in [-0.3, -0.25) is 4.98 Å². The Hall–Kier alpha value is -3.45. The SMILES string of the molecule is Cc1nc(CC2CCC(C)(C)CC2)c(-c2ccc(OCCc3ccc(F)cc3)cc2)c(N2CCC(C)(C)CC2)c1[C@H](OC(C)(C)C)C(=O)OC(C)C. The minimum Gasteiger partial charge on any atom is -0.493 e. The van der Waals surface area contributed by atoms with Crippen LogP contribution in [0.4, 0.5) is 10.1 Å². The summed E-state index contributed by atoms with van der Waals surface area (Å²) in [7, 11) is 0. The van der Waals surface area contributed by atoms with Gasteiger partial charge in [0.05, 0.1) is 29.7 Å². The van der Waals surface area contributed by atoms with Crippen molar-refractivity contribution in [2.24, 2.45) is 16.7 Å². The van der Waals surface area contributed by atoms with E-state index in [1.165, 1.54) is 37.8 Å². The summed E-state index contributed by atoms with van der Waals surface area (Å²) in [6.07, 6.45) is 7.23. The van der Waals surface area contributed by atoms with Crippen molar-refractivity contribution in [3.05, 3.63) is 76.9 Å². The summed E-state index contributed by atoms with van der Waals surface area (Å²) in [5.74, 6) is 0.699. The first-order chi connectivity index (χ1) is 24.4. The summed E-state index contributed by atoms with van der Waals surface area (Å²) in [4.78, 5) is 22.0. The minimum atomic E-state index is -0.933. The molecule has 1 aromatic heterocycles. The van der Waals surface area contributed by atoms with Gasteiger partial charge in [-0.1, -0.05) is 52.0 Å². The molecule has 0 amide bonds. The molecule has 1 aliphatic heterocycles. The Morgan fingerprint density at radius 1 is 0.923 bits per heavy atom. The number of carbonyl (C=O) groups is 1. The second-order valence-electron chi connectivity index (χ2n) is 18.1. The zero-order valence-corrected chi connectivity index (χ0v) is 33.5. The zero-order valence-electron chi connectivity index (χ0n) is 33.5. The molecule has 284 valence electrons. The Morgan fingerprint density at radius 2 is 1.52 bits per heavy atom. The standard InChI is InChI=1S/C45H63FN2O4/c1-30(2)51-42(49)41(52-43(4,5)6)38-31(3)47-37(29-33-19-22-44(7,8)23-20-33)39(40(38)48-26-24-45(9,10)25-27-48)34-13-17-36(18-14-34)50-28-21-32-11-15-35(46)16-12-32/h11-18,30,33,41H,19-29H2,1-10H3/t41-/m0/s1. The van der Waals surface area contributed by atoms with E-state index in [0.717, 1.165) is 77.4 Å². The molecule has 0 bridgehead atoms. The molecule has 1 atom stereocenters. The fourth-order valence-corrected chi connectivity index (χ4v) is 7.66. The lowest BCUT2D eigenvalue weighted by Crippen LogP contribution is -2.40. The van der Waals surface area contributed by atoms with Crippen LogP contribution >= 0.6 is 0 Å². The lowest BCUT2D eigenvalue weighted by Gasteiger charge is -2.42. The van der Waals surface area contributed by atoms with Crippen LogP contribution in [0.3, 0.4) is 0 Å². The highest BCUT2D eigenvalue weighted by Crippen LogP contribution is 2.47. The highest BCUT2D eigenvalue weighted by molar-refractivity contribution is 5.88. The number of ether oxygens (including phenoxy) is 3. The second-order valence-corrected chi connectivity index (χ2v) is 18.1. The molecule has 7 heteroatoms. The molecule has 6 nitrogen and oxygen atoms in total. The zero-order chi connectivity index (χ0) is 37.8. The number of benzene rings is 2. The van der Waals surface area contributed by atoms with E-state index in [-0.39, 0.29) is 23.3 Å². The third kappa shape index (κ3) is 10.6. The number of pyridine rings is 1. The van der Waals surface area contributed by atoms with Crippen LogP contribution < -0.4 is 9.64 Å². The van der Waals surface area contributed by atoms with Crippen LogP contribution in [0, 0.1) is 29.5 Å². The lowest BCUT2D eigenvalue weighted by atomic mass is 9.71. The summed E-state index contributed by atoms with van der Waals surface area (Å²) in [6.45, 7) is 23.5. The molecule has 2 heterocycles. The minimum absolute atomic E-state index is 0.235. The maximum Gasteiger partial charge on any atom is 0.340 e. The molecule has 1 saturated heterocycles. The number of aromatic nitrogens is 1. The smallest absolute Gasteiger partial charge is 0.340 e. The number of nitrogens with zero attached hydrogens (tertiary/aromatic N) is 2. The van der Waals surface area contributed by atoms with Gasteiger partial charge in [0.25, 0.3) is 0 Å². The van der Waals surface area contributed by atoms with Crippen molar-refractivity contribution < 1.29 is 23.4 Å². The van der Waals surface area contributed by atoms with Crippen molar-refractivity contribution in [2.75, 3.05) is 24.6 Å². The predicted octanol–water partition coefficient (Wildman–Crippen LogP) is 11.0. The van der Waals surface area contributed by atoms with Crippen molar-refractivity contribution in [2.45, 2.75) is 138 Å². The van der Waals surface area contributed by atoms with E-state index < -0.39 is 11.7 Å². The van der Waals surface area contributed by atoms with Gasteiger partial charge in [0.2, 0.25) is 0 Å². The number of hydrogen-bond acceptors (Lipinski definition) is 6. The lowest BCUT2D eigenvalue weighted by molar-refractivity contribution is -0.171. The normalized spacial score (nSPS) is 18.3. The first kappa shape index (κ1) is 39.8. The van der Waals surface area contributed by atoms with Gasteiger partial charge in [-0.15, -0.1) is 0 Å². The van der Waals surface area contributed by atoms with E-state index in [4.69, 9.17) is 19.2 Å². The van der Waals surface area contributed by atoms with Gasteiger partial charge in [-0.2, -0.15) is 0 Å². The Morgan fingerprint density at radius 3 is 2.10 bits per heavy atom. The van der Waals surface area contributed by atoms with E-state index in [1.54, 1.807) is 12.1 Å². The summed E-state index contributed by atoms with van der Waals surface area (Å²) < 4.78 is 32.2. The number of carbonyl (C=O) groups excluding carboxylic acids is 1. The number of hydrogen-bond donors (Lipinski definition) is 0. The molecule has 1 aliphatic carbocycles. The third-order valence-corrected chi connectivity index (χ3v) is 10.9. The van der Waals surface area contributed by atoms with Gasteiger partial charge in [0.1, 0.15) is 11.6 Å². The monoisotopic (exact) mass is 714 g/mol. The maximum atomic E-state index is 14.1. The third-order valence-electron chi connectivity index (χ3n) is 10.9. The van der Waals surface area contributed by atoms with Crippen LogP contribution in [0.1, 0.15) is 129 Å². The molecule has 2 fully saturated rings.